The first kappa shape index (κ1) is 13.3. The summed E-state index contributed by atoms with van der Waals surface area (Å²) in [6.45, 7) is 0. The summed E-state index contributed by atoms with van der Waals surface area (Å²) in [6, 6.07) is 7.41. The second-order valence-electron chi connectivity index (χ2n) is 3.75. The van der Waals surface area contributed by atoms with Crippen LogP contribution in [0.25, 0.3) is 0 Å². The van der Waals surface area contributed by atoms with Crippen LogP contribution in [-0.2, 0) is 0 Å². The average Bonchev–Trinajstić information content (AvgIpc) is 2.36. The SMILES string of the molecule is O=C(O)c1cc(Cl)ccc1Nc1ccc(F)c(F)c1. The summed E-state index contributed by atoms with van der Waals surface area (Å²) in [4.78, 5) is 11.1. The van der Waals surface area contributed by atoms with Gasteiger partial charge in [-0.05, 0) is 30.3 Å². The minimum absolute atomic E-state index is 0.0581. The lowest BCUT2D eigenvalue weighted by atomic mass is 10.1. The van der Waals surface area contributed by atoms with Gasteiger partial charge >= 0.3 is 5.97 Å². The normalized spacial score (nSPS) is 10.3. The minimum atomic E-state index is -1.17. The summed E-state index contributed by atoms with van der Waals surface area (Å²) >= 11 is 5.71. The second-order valence-corrected chi connectivity index (χ2v) is 4.19. The molecular weight excluding hydrogens is 276 g/mol. The van der Waals surface area contributed by atoms with Gasteiger partial charge in [0, 0.05) is 16.8 Å². The molecule has 2 aromatic carbocycles. The topological polar surface area (TPSA) is 49.3 Å². The number of nitrogens with one attached hydrogen (secondary N) is 1. The molecule has 6 heteroatoms. The van der Waals surface area contributed by atoms with Gasteiger partial charge in [-0.3, -0.25) is 0 Å². The van der Waals surface area contributed by atoms with Crippen LogP contribution < -0.4 is 5.32 Å². The highest BCUT2D eigenvalue weighted by atomic mass is 35.5. The molecule has 2 rings (SSSR count). The van der Waals surface area contributed by atoms with Crippen molar-refractivity contribution < 1.29 is 18.7 Å². The number of hydrogen-bond donors (Lipinski definition) is 2. The number of anilines is 2. The number of hydrogen-bond acceptors (Lipinski definition) is 2. The lowest BCUT2D eigenvalue weighted by Crippen LogP contribution is -2.03. The van der Waals surface area contributed by atoms with Crippen LogP contribution in [0.5, 0.6) is 0 Å². The highest BCUT2D eigenvalue weighted by Crippen LogP contribution is 2.25. The molecule has 0 saturated carbocycles. The van der Waals surface area contributed by atoms with Crippen LogP contribution >= 0.6 is 11.6 Å². The predicted molar refractivity (Wildman–Crippen MR) is 68.1 cm³/mol. The largest absolute Gasteiger partial charge is 0.478 e. The third-order valence-corrected chi connectivity index (χ3v) is 2.65. The molecule has 0 atom stereocenters. The van der Waals surface area contributed by atoms with Gasteiger partial charge in [-0.2, -0.15) is 0 Å². The zero-order valence-electron chi connectivity index (χ0n) is 9.45. The molecule has 0 aliphatic rings. The van der Waals surface area contributed by atoms with Gasteiger partial charge in [-0.15, -0.1) is 0 Å². The summed E-state index contributed by atoms with van der Waals surface area (Å²) in [5, 5.41) is 12.0. The van der Waals surface area contributed by atoms with E-state index in [2.05, 4.69) is 5.32 Å². The van der Waals surface area contributed by atoms with E-state index in [-0.39, 0.29) is 22.0 Å². The Labute approximate surface area is 112 Å². The van der Waals surface area contributed by atoms with E-state index in [1.807, 2.05) is 0 Å². The quantitative estimate of drug-likeness (QED) is 0.893. The lowest BCUT2D eigenvalue weighted by molar-refractivity contribution is 0.0698. The highest BCUT2D eigenvalue weighted by molar-refractivity contribution is 6.31. The Morgan fingerprint density at radius 3 is 2.47 bits per heavy atom. The van der Waals surface area contributed by atoms with E-state index < -0.39 is 17.6 Å². The number of benzene rings is 2. The number of carbonyl (C=O) groups is 1. The van der Waals surface area contributed by atoms with E-state index in [1.165, 1.54) is 24.3 Å². The Morgan fingerprint density at radius 1 is 1.11 bits per heavy atom. The van der Waals surface area contributed by atoms with Crippen molar-refractivity contribution in [3.8, 4) is 0 Å². The monoisotopic (exact) mass is 283 g/mol. The van der Waals surface area contributed by atoms with E-state index in [0.717, 1.165) is 12.1 Å². The maximum atomic E-state index is 13.1. The molecule has 0 spiro atoms. The maximum Gasteiger partial charge on any atom is 0.337 e. The highest BCUT2D eigenvalue weighted by Gasteiger charge is 2.11. The molecular formula is C13H8ClF2NO2. The number of aromatic carboxylic acids is 1. The van der Waals surface area contributed by atoms with Crippen molar-refractivity contribution in [1.29, 1.82) is 0 Å². The van der Waals surface area contributed by atoms with Gasteiger partial charge in [0.2, 0.25) is 0 Å². The van der Waals surface area contributed by atoms with Crippen molar-refractivity contribution in [2.45, 2.75) is 0 Å². The van der Waals surface area contributed by atoms with E-state index in [0.29, 0.717) is 0 Å². The molecule has 0 radical (unpaired) electrons. The predicted octanol–water partition coefficient (Wildman–Crippen LogP) is 4.06. The van der Waals surface area contributed by atoms with E-state index in [4.69, 9.17) is 16.7 Å². The van der Waals surface area contributed by atoms with Crippen molar-refractivity contribution in [2.24, 2.45) is 0 Å². The number of carboxylic acids is 1. The first-order valence-electron chi connectivity index (χ1n) is 5.22. The molecule has 0 aliphatic carbocycles. The molecule has 0 saturated heterocycles. The molecule has 0 amide bonds. The summed E-state index contributed by atoms with van der Waals surface area (Å²) in [6.07, 6.45) is 0. The molecule has 2 N–H and O–H groups in total. The third kappa shape index (κ3) is 3.00. The Kier molecular flexibility index (Phi) is 3.66. The first-order valence-corrected chi connectivity index (χ1v) is 5.60. The van der Waals surface area contributed by atoms with Gasteiger partial charge < -0.3 is 10.4 Å². The van der Waals surface area contributed by atoms with Crippen LogP contribution in [0.15, 0.2) is 36.4 Å². The number of rotatable bonds is 3. The van der Waals surface area contributed by atoms with E-state index in [1.54, 1.807) is 0 Å². The average molecular weight is 284 g/mol. The summed E-state index contributed by atoms with van der Waals surface area (Å²) in [5.74, 6) is -3.16. The fourth-order valence-electron chi connectivity index (χ4n) is 1.53. The fourth-order valence-corrected chi connectivity index (χ4v) is 1.70. The van der Waals surface area contributed by atoms with Crippen molar-refractivity contribution >= 4 is 28.9 Å². The van der Waals surface area contributed by atoms with Crippen LogP contribution in [0.1, 0.15) is 10.4 Å². The van der Waals surface area contributed by atoms with Gasteiger partial charge in [0.1, 0.15) is 0 Å². The fraction of sp³-hybridized carbons (Fsp3) is 0. The standard InChI is InChI=1S/C13H8ClF2NO2/c14-7-1-4-12(9(5-7)13(18)19)17-8-2-3-10(15)11(16)6-8/h1-6,17H,(H,18,19). The van der Waals surface area contributed by atoms with E-state index >= 15 is 0 Å². The molecule has 0 aliphatic heterocycles. The summed E-state index contributed by atoms with van der Waals surface area (Å²) < 4.78 is 25.8. The molecule has 0 aromatic heterocycles. The van der Waals surface area contributed by atoms with Crippen LogP contribution in [-0.4, -0.2) is 11.1 Å². The Hall–Kier alpha value is -2.14. The molecule has 0 unspecified atom stereocenters. The molecule has 0 fully saturated rings. The molecule has 19 heavy (non-hydrogen) atoms. The summed E-state index contributed by atoms with van der Waals surface area (Å²) in [5.41, 5.74) is 0.420. The lowest BCUT2D eigenvalue weighted by Gasteiger charge is -2.10. The van der Waals surface area contributed by atoms with Crippen LogP contribution in [0.4, 0.5) is 20.2 Å². The van der Waals surface area contributed by atoms with Gasteiger partial charge in [-0.1, -0.05) is 11.6 Å². The Morgan fingerprint density at radius 2 is 1.84 bits per heavy atom. The number of carboxylic acid groups (broad SMARTS) is 1. The van der Waals surface area contributed by atoms with Gasteiger partial charge in [-0.25, -0.2) is 13.6 Å². The summed E-state index contributed by atoms with van der Waals surface area (Å²) in [7, 11) is 0. The maximum absolute atomic E-state index is 13.1. The van der Waals surface area contributed by atoms with Gasteiger partial charge in [0.25, 0.3) is 0 Å². The molecule has 3 nitrogen and oxygen atoms in total. The molecule has 0 heterocycles. The molecule has 0 bridgehead atoms. The first-order chi connectivity index (χ1) is 8.97. The smallest absolute Gasteiger partial charge is 0.337 e. The number of halogens is 3. The second kappa shape index (κ2) is 5.24. The minimum Gasteiger partial charge on any atom is -0.478 e. The molecule has 2 aromatic rings. The van der Waals surface area contributed by atoms with Crippen molar-refractivity contribution in [3.05, 3.63) is 58.6 Å². The Balaban J connectivity index is 2.37. The third-order valence-electron chi connectivity index (χ3n) is 2.41. The van der Waals surface area contributed by atoms with Gasteiger partial charge in [0.05, 0.1) is 11.3 Å². The van der Waals surface area contributed by atoms with Crippen molar-refractivity contribution in [3.63, 3.8) is 0 Å². The van der Waals surface area contributed by atoms with Crippen molar-refractivity contribution in [2.75, 3.05) is 5.32 Å². The van der Waals surface area contributed by atoms with Gasteiger partial charge in [0.15, 0.2) is 11.6 Å². The van der Waals surface area contributed by atoms with E-state index in [9.17, 15) is 13.6 Å². The van der Waals surface area contributed by atoms with Crippen LogP contribution in [0, 0.1) is 11.6 Å². The van der Waals surface area contributed by atoms with Crippen LogP contribution in [0.2, 0.25) is 5.02 Å². The zero-order valence-corrected chi connectivity index (χ0v) is 10.2. The molecule has 98 valence electrons. The van der Waals surface area contributed by atoms with Crippen molar-refractivity contribution in [1.82, 2.24) is 0 Å². The zero-order chi connectivity index (χ0) is 14.0. The van der Waals surface area contributed by atoms with Crippen LogP contribution in [0.3, 0.4) is 0 Å². The Bertz CT molecular complexity index is 647.